The van der Waals surface area contributed by atoms with Crippen LogP contribution in [-0.2, 0) is 9.53 Å². The van der Waals surface area contributed by atoms with Crippen LogP contribution in [0, 0.1) is 0 Å². The summed E-state index contributed by atoms with van der Waals surface area (Å²) in [6.07, 6.45) is 2.68. The standard InChI is InChI=1S/C17H22N2O6/c1-10(15(21)19-17(23)18-11-5-3-4-6-11)25-16(22)13-9-12(24-2)7-8-14(13)20/h7-11,20H,3-6H2,1-2H3,(H2,18,19,21,23). The molecule has 0 spiro atoms. The Kier molecular flexibility index (Phi) is 6.21. The second kappa shape index (κ2) is 8.36. The molecule has 136 valence electrons. The lowest BCUT2D eigenvalue weighted by molar-refractivity contribution is -0.127. The molecule has 1 aromatic carbocycles. The summed E-state index contributed by atoms with van der Waals surface area (Å²) in [4.78, 5) is 35.8. The molecule has 1 saturated carbocycles. The zero-order valence-corrected chi connectivity index (χ0v) is 14.2. The van der Waals surface area contributed by atoms with Gasteiger partial charge in [-0.3, -0.25) is 10.1 Å². The van der Waals surface area contributed by atoms with Crippen LogP contribution >= 0.6 is 0 Å². The van der Waals surface area contributed by atoms with Gasteiger partial charge in [0.15, 0.2) is 6.10 Å². The first kappa shape index (κ1) is 18.6. The summed E-state index contributed by atoms with van der Waals surface area (Å²) in [6.45, 7) is 1.34. The van der Waals surface area contributed by atoms with E-state index in [4.69, 9.17) is 9.47 Å². The molecular formula is C17H22N2O6. The van der Waals surface area contributed by atoms with E-state index in [9.17, 15) is 19.5 Å². The number of hydrogen-bond acceptors (Lipinski definition) is 6. The molecule has 1 unspecified atom stereocenters. The predicted molar refractivity (Wildman–Crippen MR) is 88.5 cm³/mol. The highest BCUT2D eigenvalue weighted by Gasteiger charge is 2.24. The van der Waals surface area contributed by atoms with E-state index >= 15 is 0 Å². The Bertz CT molecular complexity index is 655. The molecule has 1 fully saturated rings. The Morgan fingerprint density at radius 2 is 1.92 bits per heavy atom. The fraction of sp³-hybridized carbons (Fsp3) is 0.471. The number of urea groups is 1. The van der Waals surface area contributed by atoms with Gasteiger partial charge in [-0.25, -0.2) is 9.59 Å². The van der Waals surface area contributed by atoms with Gasteiger partial charge in [-0.15, -0.1) is 0 Å². The molecule has 0 bridgehead atoms. The first-order valence-electron chi connectivity index (χ1n) is 8.10. The van der Waals surface area contributed by atoms with Crippen LogP contribution < -0.4 is 15.4 Å². The van der Waals surface area contributed by atoms with Crippen LogP contribution in [0.3, 0.4) is 0 Å². The quantitative estimate of drug-likeness (QED) is 0.697. The van der Waals surface area contributed by atoms with Crippen molar-refractivity contribution >= 4 is 17.9 Å². The number of phenolic OH excluding ortho intramolecular Hbond substituents is 1. The zero-order valence-electron chi connectivity index (χ0n) is 14.2. The number of hydrogen-bond donors (Lipinski definition) is 3. The number of benzene rings is 1. The minimum absolute atomic E-state index is 0.0689. The van der Waals surface area contributed by atoms with Crippen molar-refractivity contribution in [2.45, 2.75) is 44.8 Å². The molecule has 0 aliphatic heterocycles. The summed E-state index contributed by atoms with van der Waals surface area (Å²) in [7, 11) is 1.42. The third-order valence-corrected chi connectivity index (χ3v) is 4.00. The van der Waals surface area contributed by atoms with E-state index < -0.39 is 24.0 Å². The van der Waals surface area contributed by atoms with E-state index in [0.29, 0.717) is 5.75 Å². The number of carbonyl (C=O) groups excluding carboxylic acids is 3. The SMILES string of the molecule is COc1ccc(O)c(C(=O)OC(C)C(=O)NC(=O)NC2CCCC2)c1. The molecular weight excluding hydrogens is 328 g/mol. The largest absolute Gasteiger partial charge is 0.507 e. The van der Waals surface area contributed by atoms with Crippen LogP contribution in [0.4, 0.5) is 4.79 Å². The van der Waals surface area contributed by atoms with Crippen LogP contribution in [0.2, 0.25) is 0 Å². The van der Waals surface area contributed by atoms with Crippen molar-refractivity contribution in [1.29, 1.82) is 0 Å². The Morgan fingerprint density at radius 1 is 1.24 bits per heavy atom. The number of esters is 1. The molecule has 0 saturated heterocycles. The summed E-state index contributed by atoms with van der Waals surface area (Å²) < 4.78 is 9.98. The normalized spacial score (nSPS) is 15.3. The number of imide groups is 1. The topological polar surface area (TPSA) is 114 Å². The molecule has 8 nitrogen and oxygen atoms in total. The zero-order chi connectivity index (χ0) is 18.4. The van der Waals surface area contributed by atoms with Gasteiger partial charge in [-0.2, -0.15) is 0 Å². The number of carbonyl (C=O) groups is 3. The van der Waals surface area contributed by atoms with Crippen LogP contribution in [0.5, 0.6) is 11.5 Å². The number of aromatic hydroxyl groups is 1. The lowest BCUT2D eigenvalue weighted by Crippen LogP contribution is -2.47. The Hall–Kier alpha value is -2.77. The molecule has 0 aromatic heterocycles. The summed E-state index contributed by atoms with van der Waals surface area (Å²) in [5.41, 5.74) is -0.130. The third kappa shape index (κ3) is 5.10. The smallest absolute Gasteiger partial charge is 0.342 e. The summed E-state index contributed by atoms with van der Waals surface area (Å²) in [5, 5.41) is 14.6. The fourth-order valence-corrected chi connectivity index (χ4v) is 2.59. The van der Waals surface area contributed by atoms with Crippen LogP contribution in [0.25, 0.3) is 0 Å². The number of nitrogens with one attached hydrogen (secondary N) is 2. The van der Waals surface area contributed by atoms with Crippen LogP contribution in [0.15, 0.2) is 18.2 Å². The van der Waals surface area contributed by atoms with Crippen molar-refractivity contribution in [2.24, 2.45) is 0 Å². The van der Waals surface area contributed by atoms with Gasteiger partial charge < -0.3 is 19.9 Å². The van der Waals surface area contributed by atoms with Gasteiger partial charge in [0.2, 0.25) is 0 Å². The van der Waals surface area contributed by atoms with Gasteiger partial charge in [-0.1, -0.05) is 12.8 Å². The van der Waals surface area contributed by atoms with Crippen LogP contribution in [-0.4, -0.2) is 42.3 Å². The first-order valence-corrected chi connectivity index (χ1v) is 8.10. The molecule has 25 heavy (non-hydrogen) atoms. The summed E-state index contributed by atoms with van der Waals surface area (Å²) >= 11 is 0. The number of rotatable bonds is 5. The van der Waals surface area contributed by atoms with E-state index in [2.05, 4.69) is 10.6 Å². The maximum atomic E-state index is 12.1. The second-order valence-electron chi connectivity index (χ2n) is 5.87. The van der Waals surface area contributed by atoms with Crippen molar-refractivity contribution in [2.75, 3.05) is 7.11 Å². The van der Waals surface area contributed by atoms with Crippen molar-refractivity contribution in [3.63, 3.8) is 0 Å². The molecule has 1 aromatic rings. The van der Waals surface area contributed by atoms with E-state index in [0.717, 1.165) is 25.7 Å². The lowest BCUT2D eigenvalue weighted by atomic mass is 10.2. The second-order valence-corrected chi connectivity index (χ2v) is 5.87. The van der Waals surface area contributed by atoms with Gasteiger partial charge >= 0.3 is 12.0 Å². The molecule has 1 aliphatic carbocycles. The molecule has 8 heteroatoms. The Labute approximate surface area is 145 Å². The van der Waals surface area contributed by atoms with Gasteiger partial charge in [0, 0.05) is 6.04 Å². The number of methoxy groups -OCH3 is 1. The molecule has 0 heterocycles. The van der Waals surface area contributed by atoms with E-state index in [1.165, 1.54) is 32.2 Å². The minimum Gasteiger partial charge on any atom is -0.507 e. The highest BCUT2D eigenvalue weighted by atomic mass is 16.5. The number of phenols is 1. The molecule has 3 N–H and O–H groups in total. The average molecular weight is 350 g/mol. The number of ether oxygens (including phenoxy) is 2. The molecule has 3 amide bonds. The third-order valence-electron chi connectivity index (χ3n) is 4.00. The predicted octanol–water partition coefficient (Wildman–Crippen LogP) is 1.71. The molecule has 1 aliphatic rings. The molecule has 0 radical (unpaired) electrons. The summed E-state index contributed by atoms with van der Waals surface area (Å²) in [6, 6.07) is 3.53. The van der Waals surface area contributed by atoms with Crippen molar-refractivity contribution in [1.82, 2.24) is 10.6 Å². The van der Waals surface area contributed by atoms with Gasteiger partial charge in [0.05, 0.1) is 7.11 Å². The van der Waals surface area contributed by atoms with E-state index in [1.54, 1.807) is 0 Å². The fourth-order valence-electron chi connectivity index (χ4n) is 2.59. The van der Waals surface area contributed by atoms with Gasteiger partial charge in [0.25, 0.3) is 5.91 Å². The maximum Gasteiger partial charge on any atom is 0.342 e. The highest BCUT2D eigenvalue weighted by molar-refractivity contribution is 5.99. The van der Waals surface area contributed by atoms with Crippen molar-refractivity contribution in [3.8, 4) is 11.5 Å². The van der Waals surface area contributed by atoms with Crippen molar-refractivity contribution < 1.29 is 29.0 Å². The van der Waals surface area contributed by atoms with Crippen molar-refractivity contribution in [3.05, 3.63) is 23.8 Å². The lowest BCUT2D eigenvalue weighted by Gasteiger charge is -2.16. The van der Waals surface area contributed by atoms with Gasteiger partial charge in [0.1, 0.15) is 17.1 Å². The first-order chi connectivity index (χ1) is 11.9. The molecule has 1 atom stereocenters. The van der Waals surface area contributed by atoms with Crippen LogP contribution in [0.1, 0.15) is 43.0 Å². The molecule has 2 rings (SSSR count). The van der Waals surface area contributed by atoms with E-state index in [1.807, 2.05) is 0 Å². The average Bonchev–Trinajstić information content (AvgIpc) is 3.07. The monoisotopic (exact) mass is 350 g/mol. The Morgan fingerprint density at radius 3 is 2.56 bits per heavy atom. The summed E-state index contributed by atoms with van der Waals surface area (Å²) in [5.74, 6) is -1.57. The van der Waals surface area contributed by atoms with E-state index in [-0.39, 0.29) is 17.4 Å². The highest BCUT2D eigenvalue weighted by Crippen LogP contribution is 2.24. The number of amides is 3. The Balaban J connectivity index is 1.89. The van der Waals surface area contributed by atoms with Gasteiger partial charge in [-0.05, 0) is 38.0 Å². The minimum atomic E-state index is -1.20. The maximum absolute atomic E-state index is 12.1.